The second-order valence-corrected chi connectivity index (χ2v) is 9.50. The van der Waals surface area contributed by atoms with Crippen molar-refractivity contribution in [3.63, 3.8) is 0 Å². The van der Waals surface area contributed by atoms with Crippen molar-refractivity contribution in [2.45, 2.75) is 52.6 Å². The van der Waals surface area contributed by atoms with Crippen LogP contribution in [0.5, 0.6) is 5.75 Å². The van der Waals surface area contributed by atoms with Gasteiger partial charge in [0.05, 0.1) is 5.41 Å². The molecule has 2 fully saturated rings. The van der Waals surface area contributed by atoms with Gasteiger partial charge in [0.25, 0.3) is 0 Å². The van der Waals surface area contributed by atoms with Crippen LogP contribution in [0.15, 0.2) is 24.3 Å². The van der Waals surface area contributed by atoms with Crippen LogP contribution >= 0.6 is 0 Å². The quantitative estimate of drug-likeness (QED) is 0.717. The molecule has 0 aromatic heterocycles. The summed E-state index contributed by atoms with van der Waals surface area (Å²) in [5, 5.41) is 0. The number of carbonyl (C=O) groups excluding carboxylic acids is 2. The van der Waals surface area contributed by atoms with Gasteiger partial charge in [0.15, 0.2) is 6.61 Å². The van der Waals surface area contributed by atoms with Crippen LogP contribution in [0.1, 0.15) is 46.5 Å². The van der Waals surface area contributed by atoms with Crippen molar-refractivity contribution in [3.8, 4) is 5.75 Å². The number of amides is 2. The average Bonchev–Trinajstić information content (AvgIpc) is 2.95. The van der Waals surface area contributed by atoms with Crippen LogP contribution in [0.25, 0.3) is 0 Å². The van der Waals surface area contributed by atoms with Crippen molar-refractivity contribution >= 4 is 17.5 Å². The van der Waals surface area contributed by atoms with Crippen LogP contribution in [0.2, 0.25) is 0 Å². The van der Waals surface area contributed by atoms with Gasteiger partial charge in [-0.1, -0.05) is 20.8 Å². The zero-order valence-electron chi connectivity index (χ0n) is 17.7. The van der Waals surface area contributed by atoms with Crippen LogP contribution in [0, 0.1) is 10.8 Å². The lowest BCUT2D eigenvalue weighted by atomic mass is 9.77. The maximum absolute atomic E-state index is 13.2. The fraction of sp³-hybridized carbons (Fsp3) is 0.636. The van der Waals surface area contributed by atoms with Crippen LogP contribution in [0.4, 0.5) is 18.9 Å². The van der Waals surface area contributed by atoms with Gasteiger partial charge in [-0.05, 0) is 48.9 Å². The Bertz CT molecular complexity index is 776. The SMILES string of the molecule is CC(C)(C)CC(=O)N1CCC2(CC1)CCN(c1ccc(OCC(F)(F)F)cc1)C2=O. The van der Waals surface area contributed by atoms with Gasteiger partial charge in [-0.3, -0.25) is 9.59 Å². The Morgan fingerprint density at radius 2 is 1.60 bits per heavy atom. The minimum absolute atomic E-state index is 0.0365. The number of hydrogen-bond donors (Lipinski definition) is 0. The highest BCUT2D eigenvalue weighted by atomic mass is 19.4. The molecule has 1 aromatic rings. The minimum Gasteiger partial charge on any atom is -0.484 e. The Hall–Kier alpha value is -2.25. The first-order chi connectivity index (χ1) is 13.9. The Morgan fingerprint density at radius 3 is 2.13 bits per heavy atom. The third-order valence-corrected chi connectivity index (χ3v) is 5.82. The molecule has 2 aliphatic heterocycles. The van der Waals surface area contributed by atoms with E-state index in [2.05, 4.69) is 0 Å². The molecule has 1 aromatic carbocycles. The molecule has 1 spiro atoms. The first-order valence-corrected chi connectivity index (χ1v) is 10.3. The number of rotatable bonds is 4. The molecule has 30 heavy (non-hydrogen) atoms. The lowest BCUT2D eigenvalue weighted by Gasteiger charge is -2.38. The molecule has 2 amide bonds. The Balaban J connectivity index is 1.59. The molecule has 0 aliphatic carbocycles. The van der Waals surface area contributed by atoms with Gasteiger partial charge < -0.3 is 14.5 Å². The lowest BCUT2D eigenvalue weighted by molar-refractivity contribution is -0.153. The third-order valence-electron chi connectivity index (χ3n) is 5.82. The molecule has 5 nitrogen and oxygen atoms in total. The van der Waals surface area contributed by atoms with E-state index < -0.39 is 18.2 Å². The van der Waals surface area contributed by atoms with Crippen molar-refractivity contribution in [3.05, 3.63) is 24.3 Å². The van der Waals surface area contributed by atoms with Crippen LogP contribution in [0.3, 0.4) is 0 Å². The normalized spacial score (nSPS) is 19.5. The van der Waals surface area contributed by atoms with Crippen molar-refractivity contribution in [1.82, 2.24) is 4.90 Å². The maximum atomic E-state index is 13.2. The highest BCUT2D eigenvalue weighted by molar-refractivity contribution is 6.00. The predicted octanol–water partition coefficient (Wildman–Crippen LogP) is 4.41. The number of anilines is 1. The van der Waals surface area contributed by atoms with E-state index in [0.717, 1.165) is 6.42 Å². The summed E-state index contributed by atoms with van der Waals surface area (Å²) in [5.74, 6) is 0.284. The largest absolute Gasteiger partial charge is 0.484 e. The van der Waals surface area contributed by atoms with Crippen LogP contribution in [-0.4, -0.2) is 49.1 Å². The molecular weight excluding hydrogens is 397 g/mol. The van der Waals surface area contributed by atoms with Gasteiger partial charge in [0.2, 0.25) is 11.8 Å². The van der Waals surface area contributed by atoms with Gasteiger partial charge in [-0.2, -0.15) is 13.2 Å². The number of piperidine rings is 1. The topological polar surface area (TPSA) is 49.9 Å². The first-order valence-electron chi connectivity index (χ1n) is 10.3. The van der Waals surface area contributed by atoms with Crippen molar-refractivity contribution in [2.24, 2.45) is 10.8 Å². The van der Waals surface area contributed by atoms with Gasteiger partial charge in [0, 0.05) is 31.7 Å². The first kappa shape index (κ1) is 22.4. The lowest BCUT2D eigenvalue weighted by Crippen LogP contribution is -2.47. The molecule has 0 bridgehead atoms. The fourth-order valence-electron chi connectivity index (χ4n) is 4.17. The summed E-state index contributed by atoms with van der Waals surface area (Å²) in [4.78, 5) is 29.2. The van der Waals surface area contributed by atoms with Crippen LogP contribution in [-0.2, 0) is 9.59 Å². The zero-order valence-corrected chi connectivity index (χ0v) is 17.7. The highest BCUT2D eigenvalue weighted by Gasteiger charge is 2.49. The molecule has 0 saturated carbocycles. The standard InChI is InChI=1S/C22H29F3N2O3/c1-20(2,3)14-18(28)26-11-8-21(9-12-26)10-13-27(19(21)29)16-4-6-17(7-5-16)30-15-22(23,24)25/h4-7H,8-15H2,1-3H3. The molecule has 3 rings (SSSR count). The molecule has 2 saturated heterocycles. The van der Waals surface area contributed by atoms with Gasteiger partial charge in [-0.25, -0.2) is 0 Å². The van der Waals surface area contributed by atoms with Gasteiger partial charge in [-0.15, -0.1) is 0 Å². The molecule has 166 valence electrons. The number of carbonyl (C=O) groups is 2. The Morgan fingerprint density at radius 1 is 1.03 bits per heavy atom. The summed E-state index contributed by atoms with van der Waals surface area (Å²) in [7, 11) is 0. The second kappa shape index (κ2) is 8.12. The molecule has 0 N–H and O–H groups in total. The van der Waals surface area contributed by atoms with Gasteiger partial charge in [0.1, 0.15) is 5.75 Å². The van der Waals surface area contributed by atoms with E-state index in [1.165, 1.54) is 12.1 Å². The summed E-state index contributed by atoms with van der Waals surface area (Å²) < 4.78 is 41.6. The smallest absolute Gasteiger partial charge is 0.422 e. The summed E-state index contributed by atoms with van der Waals surface area (Å²) in [6.45, 7) is 6.49. The monoisotopic (exact) mass is 426 g/mol. The molecule has 0 radical (unpaired) electrons. The number of ether oxygens (including phenoxy) is 1. The van der Waals surface area contributed by atoms with E-state index in [9.17, 15) is 22.8 Å². The number of likely N-dealkylation sites (tertiary alicyclic amines) is 1. The maximum Gasteiger partial charge on any atom is 0.422 e. The molecule has 2 heterocycles. The summed E-state index contributed by atoms with van der Waals surface area (Å²) in [6, 6.07) is 6.13. The summed E-state index contributed by atoms with van der Waals surface area (Å²) in [5.41, 5.74) is 0.133. The number of alkyl halides is 3. The van der Waals surface area contributed by atoms with Gasteiger partial charge >= 0.3 is 6.18 Å². The van der Waals surface area contributed by atoms with E-state index in [1.54, 1.807) is 17.0 Å². The van der Waals surface area contributed by atoms with Crippen molar-refractivity contribution in [1.29, 1.82) is 0 Å². The molecular formula is C22H29F3N2O3. The number of nitrogens with zero attached hydrogens (tertiary/aromatic N) is 2. The van der Waals surface area contributed by atoms with E-state index in [0.29, 0.717) is 44.6 Å². The minimum atomic E-state index is -4.39. The molecule has 8 heteroatoms. The summed E-state index contributed by atoms with van der Waals surface area (Å²) >= 11 is 0. The van der Waals surface area contributed by atoms with E-state index in [-0.39, 0.29) is 23.0 Å². The average molecular weight is 426 g/mol. The highest BCUT2D eigenvalue weighted by Crippen LogP contribution is 2.43. The Kier molecular flexibility index (Phi) is 6.07. The zero-order chi connectivity index (χ0) is 22.2. The Labute approximate surface area is 175 Å². The molecule has 0 unspecified atom stereocenters. The number of hydrogen-bond acceptors (Lipinski definition) is 3. The number of benzene rings is 1. The summed E-state index contributed by atoms with van der Waals surface area (Å²) in [6.07, 6.45) is -1.89. The number of halogens is 3. The second-order valence-electron chi connectivity index (χ2n) is 9.50. The van der Waals surface area contributed by atoms with Crippen LogP contribution < -0.4 is 9.64 Å². The molecule has 2 aliphatic rings. The predicted molar refractivity (Wildman–Crippen MR) is 107 cm³/mol. The van der Waals surface area contributed by atoms with E-state index >= 15 is 0 Å². The third kappa shape index (κ3) is 5.26. The van der Waals surface area contributed by atoms with Crippen molar-refractivity contribution in [2.75, 3.05) is 31.1 Å². The van der Waals surface area contributed by atoms with E-state index in [1.807, 2.05) is 25.7 Å². The fourth-order valence-corrected chi connectivity index (χ4v) is 4.17. The van der Waals surface area contributed by atoms with E-state index in [4.69, 9.17) is 4.74 Å². The van der Waals surface area contributed by atoms with Crippen molar-refractivity contribution < 1.29 is 27.5 Å². The molecule has 0 atom stereocenters.